The average Bonchev–Trinajstić information content (AvgIpc) is 1.63. The molecule has 52 valence electrons. The molecule has 0 aromatic rings. The predicted molar refractivity (Wildman–Crippen MR) is 31.3 cm³/mol. The van der Waals surface area contributed by atoms with Crippen LogP contribution in [0.5, 0.6) is 0 Å². The fourth-order valence-corrected chi connectivity index (χ4v) is 0.479. The number of nitrogens with one attached hydrogen (secondary N) is 1. The van der Waals surface area contributed by atoms with E-state index in [-0.39, 0.29) is 5.75 Å². The Balaban J connectivity index is 3.10. The summed E-state index contributed by atoms with van der Waals surface area (Å²) in [6.07, 6.45) is -1.23. The lowest BCUT2D eigenvalue weighted by molar-refractivity contribution is -0.133. The zero-order valence-corrected chi connectivity index (χ0v) is 5.14. The van der Waals surface area contributed by atoms with Crippen LogP contribution < -0.4 is 4.72 Å². The molecular weight excluding hydrogens is 146 g/mol. The van der Waals surface area contributed by atoms with Crippen LogP contribution in [0.2, 0.25) is 0 Å². The number of rotatable bonds is 3. The number of carboxylic acids is 1. The maximum Gasteiger partial charge on any atom is 0.414 e. The molecule has 0 aliphatic heterocycles. The maximum atomic E-state index is 9.73. The molecule has 5 nitrogen and oxygen atoms in total. The average molecular weight is 151 g/mol. The molecule has 0 spiro atoms. The first-order valence-electron chi connectivity index (χ1n) is 1.95. The van der Waals surface area contributed by atoms with Crippen LogP contribution in [0, 0.1) is 0 Å². The molecule has 3 N–H and O–H groups in total. The van der Waals surface area contributed by atoms with Gasteiger partial charge < -0.3 is 10.2 Å². The van der Waals surface area contributed by atoms with Gasteiger partial charge in [0.15, 0.2) is 0 Å². The largest absolute Gasteiger partial charge is 0.481 e. The van der Waals surface area contributed by atoms with Crippen molar-refractivity contribution in [2.24, 2.45) is 0 Å². The molecule has 0 saturated heterocycles. The van der Waals surface area contributed by atoms with Crippen molar-refractivity contribution < 1.29 is 19.8 Å². The van der Waals surface area contributed by atoms with Gasteiger partial charge >= 0.3 is 12.1 Å². The Labute approximate surface area is 55.2 Å². The van der Waals surface area contributed by atoms with Gasteiger partial charge in [0.2, 0.25) is 0 Å². The molecule has 0 atom stereocenters. The number of hydrogen-bond donors (Lipinski definition) is 3. The lowest BCUT2D eigenvalue weighted by Crippen LogP contribution is -2.14. The number of carbonyl (C=O) groups is 2. The number of amides is 1. The van der Waals surface area contributed by atoms with Gasteiger partial charge in [0.25, 0.3) is 0 Å². The molecule has 0 aromatic carbocycles. The molecule has 0 aliphatic carbocycles. The van der Waals surface area contributed by atoms with Gasteiger partial charge in [-0.15, -0.1) is 0 Å². The standard InChI is InChI=1S/C3H5NO4S/c5-2(6)1-9-4-3(7)8/h4H,1H2,(H,5,6)(H,7,8). The van der Waals surface area contributed by atoms with E-state index in [1.54, 1.807) is 0 Å². The van der Waals surface area contributed by atoms with Crippen LogP contribution in [0.4, 0.5) is 4.79 Å². The Bertz CT molecular complexity index is 111. The molecule has 0 radical (unpaired) electrons. The first-order chi connectivity index (χ1) is 4.13. The minimum atomic E-state index is -1.23. The molecule has 0 rings (SSSR count). The van der Waals surface area contributed by atoms with Crippen molar-refractivity contribution in [3.8, 4) is 0 Å². The van der Waals surface area contributed by atoms with Crippen molar-refractivity contribution >= 4 is 24.0 Å². The van der Waals surface area contributed by atoms with E-state index in [2.05, 4.69) is 0 Å². The molecule has 0 heterocycles. The molecule has 9 heavy (non-hydrogen) atoms. The summed E-state index contributed by atoms with van der Waals surface area (Å²) < 4.78 is 1.83. The highest BCUT2D eigenvalue weighted by molar-refractivity contribution is 7.98. The van der Waals surface area contributed by atoms with Crippen molar-refractivity contribution in [1.29, 1.82) is 0 Å². The summed E-state index contributed by atoms with van der Waals surface area (Å²) in [5.74, 6) is -1.31. The van der Waals surface area contributed by atoms with Gasteiger partial charge in [-0.05, 0) is 11.9 Å². The second-order valence-corrected chi connectivity index (χ2v) is 1.87. The number of hydrogen-bond acceptors (Lipinski definition) is 3. The highest BCUT2D eigenvalue weighted by Gasteiger charge is 1.98. The molecule has 0 aliphatic rings. The molecule has 6 heteroatoms. The fraction of sp³-hybridized carbons (Fsp3) is 0.333. The quantitative estimate of drug-likeness (QED) is 0.494. The first kappa shape index (κ1) is 8.09. The third-order valence-electron chi connectivity index (χ3n) is 0.355. The Kier molecular flexibility index (Phi) is 3.61. The van der Waals surface area contributed by atoms with Crippen LogP contribution >= 0.6 is 11.9 Å². The van der Waals surface area contributed by atoms with Crippen LogP contribution in [0.25, 0.3) is 0 Å². The van der Waals surface area contributed by atoms with Gasteiger partial charge in [-0.1, -0.05) is 0 Å². The van der Waals surface area contributed by atoms with E-state index in [9.17, 15) is 9.59 Å². The third kappa shape index (κ3) is 7.09. The summed E-state index contributed by atoms with van der Waals surface area (Å²) in [5, 5.41) is 15.9. The van der Waals surface area contributed by atoms with Crippen LogP contribution in [-0.2, 0) is 4.79 Å². The molecular formula is C3H5NO4S. The van der Waals surface area contributed by atoms with E-state index in [4.69, 9.17) is 10.2 Å². The molecule has 0 unspecified atom stereocenters. The predicted octanol–water partition coefficient (Wildman–Crippen LogP) is -0.0132. The zero-order chi connectivity index (χ0) is 7.28. The van der Waals surface area contributed by atoms with Crippen molar-refractivity contribution in [2.75, 3.05) is 5.75 Å². The normalized spacial score (nSPS) is 8.44. The molecule has 1 amide bonds. The third-order valence-corrected chi connectivity index (χ3v) is 1.07. The monoisotopic (exact) mass is 151 g/mol. The Morgan fingerprint density at radius 3 is 2.33 bits per heavy atom. The van der Waals surface area contributed by atoms with E-state index in [1.165, 1.54) is 0 Å². The van der Waals surface area contributed by atoms with Gasteiger partial charge in [0.05, 0.1) is 0 Å². The fourth-order valence-electron chi connectivity index (χ4n) is 0.160. The van der Waals surface area contributed by atoms with Crippen LogP contribution in [0.3, 0.4) is 0 Å². The van der Waals surface area contributed by atoms with Crippen LogP contribution in [0.15, 0.2) is 0 Å². The smallest absolute Gasteiger partial charge is 0.414 e. The lowest BCUT2D eigenvalue weighted by atomic mass is 10.8. The topological polar surface area (TPSA) is 86.6 Å². The Hall–Kier alpha value is -0.910. The first-order valence-corrected chi connectivity index (χ1v) is 2.94. The maximum absolute atomic E-state index is 9.73. The van der Waals surface area contributed by atoms with E-state index in [0.29, 0.717) is 11.9 Å². The molecule has 0 saturated carbocycles. The summed E-state index contributed by atoms with van der Waals surface area (Å²) in [6, 6.07) is 0. The van der Waals surface area contributed by atoms with Gasteiger partial charge in [0, 0.05) is 0 Å². The van der Waals surface area contributed by atoms with Crippen molar-refractivity contribution in [1.82, 2.24) is 4.72 Å². The highest BCUT2D eigenvalue weighted by Crippen LogP contribution is 1.90. The van der Waals surface area contributed by atoms with E-state index in [1.807, 2.05) is 4.72 Å². The van der Waals surface area contributed by atoms with Gasteiger partial charge in [0.1, 0.15) is 5.75 Å². The summed E-state index contributed by atoms with van der Waals surface area (Å²) in [4.78, 5) is 19.4. The Morgan fingerprint density at radius 2 is 2.00 bits per heavy atom. The van der Waals surface area contributed by atoms with Gasteiger partial charge in [-0.25, -0.2) is 4.79 Å². The van der Waals surface area contributed by atoms with Gasteiger partial charge in [-0.3, -0.25) is 9.52 Å². The number of carboxylic acid groups (broad SMARTS) is 2. The van der Waals surface area contributed by atoms with Crippen molar-refractivity contribution in [3.05, 3.63) is 0 Å². The zero-order valence-electron chi connectivity index (χ0n) is 4.33. The minimum Gasteiger partial charge on any atom is -0.481 e. The van der Waals surface area contributed by atoms with Crippen LogP contribution in [-0.4, -0.2) is 28.0 Å². The molecule has 0 aromatic heterocycles. The SMILES string of the molecule is O=C(O)CSNC(=O)O. The summed E-state index contributed by atoms with van der Waals surface area (Å²) in [6.45, 7) is 0. The highest BCUT2D eigenvalue weighted by atomic mass is 32.2. The van der Waals surface area contributed by atoms with E-state index in [0.717, 1.165) is 0 Å². The van der Waals surface area contributed by atoms with Crippen molar-refractivity contribution in [3.63, 3.8) is 0 Å². The Morgan fingerprint density at radius 1 is 1.44 bits per heavy atom. The number of aliphatic carboxylic acids is 1. The lowest BCUT2D eigenvalue weighted by Gasteiger charge is -1.92. The summed E-state index contributed by atoms with van der Waals surface area (Å²) in [5.41, 5.74) is 0. The molecule has 0 bridgehead atoms. The summed E-state index contributed by atoms with van der Waals surface area (Å²) >= 11 is 0.620. The van der Waals surface area contributed by atoms with E-state index < -0.39 is 12.1 Å². The second-order valence-electron chi connectivity index (χ2n) is 1.09. The van der Waals surface area contributed by atoms with Crippen molar-refractivity contribution in [2.45, 2.75) is 0 Å². The summed E-state index contributed by atoms with van der Waals surface area (Å²) in [7, 11) is 0. The van der Waals surface area contributed by atoms with Crippen LogP contribution in [0.1, 0.15) is 0 Å². The minimum absolute atomic E-state index is 0.258. The van der Waals surface area contributed by atoms with Gasteiger partial charge in [-0.2, -0.15) is 0 Å². The second kappa shape index (κ2) is 4.02. The van der Waals surface area contributed by atoms with E-state index >= 15 is 0 Å². The molecule has 0 fully saturated rings.